The van der Waals surface area contributed by atoms with Crippen LogP contribution < -0.4 is 14.4 Å². The van der Waals surface area contributed by atoms with Gasteiger partial charge in [-0.2, -0.15) is 0 Å². The van der Waals surface area contributed by atoms with Gasteiger partial charge in [0.15, 0.2) is 5.13 Å². The molecular formula is C15H19N3O4S2. The highest BCUT2D eigenvalue weighted by molar-refractivity contribution is 7.92. The van der Waals surface area contributed by atoms with Gasteiger partial charge >= 0.3 is 0 Å². The Balaban J connectivity index is 2.27. The molecule has 0 unspecified atom stereocenters. The van der Waals surface area contributed by atoms with Crippen molar-refractivity contribution in [1.82, 2.24) is 4.98 Å². The predicted octanol–water partition coefficient (Wildman–Crippen LogP) is 2.50. The fraction of sp³-hybridized carbons (Fsp3) is 0.333. The van der Waals surface area contributed by atoms with Crippen molar-refractivity contribution < 1.29 is 17.9 Å². The van der Waals surface area contributed by atoms with Crippen LogP contribution >= 0.6 is 11.3 Å². The molecule has 0 bridgehead atoms. The predicted molar refractivity (Wildman–Crippen MR) is 95.7 cm³/mol. The summed E-state index contributed by atoms with van der Waals surface area (Å²) in [6.07, 6.45) is 1.09. The molecule has 7 nitrogen and oxygen atoms in total. The van der Waals surface area contributed by atoms with E-state index in [4.69, 9.17) is 4.74 Å². The molecule has 0 aliphatic rings. The Labute approximate surface area is 145 Å². The Morgan fingerprint density at radius 2 is 2.04 bits per heavy atom. The van der Waals surface area contributed by atoms with Crippen LogP contribution in [0, 0.1) is 6.92 Å². The number of carbonyl (C=O) groups excluding carboxylic acids is 1. The number of ether oxygens (including phenoxy) is 1. The molecule has 0 aliphatic carbocycles. The monoisotopic (exact) mass is 369 g/mol. The van der Waals surface area contributed by atoms with Gasteiger partial charge in [0, 0.05) is 7.05 Å². The second kappa shape index (κ2) is 7.18. The fourth-order valence-corrected chi connectivity index (χ4v) is 3.57. The second-order valence-electron chi connectivity index (χ2n) is 5.02. The first-order valence-electron chi connectivity index (χ1n) is 7.18. The molecule has 0 atom stereocenters. The minimum atomic E-state index is -3.43. The maximum atomic E-state index is 12.5. The third-order valence-corrected chi connectivity index (χ3v) is 5.71. The van der Waals surface area contributed by atoms with E-state index in [2.05, 4.69) is 10.3 Å². The molecular weight excluding hydrogens is 350 g/mol. The highest BCUT2D eigenvalue weighted by Crippen LogP contribution is 2.29. The molecule has 0 saturated carbocycles. The van der Waals surface area contributed by atoms with Crippen LogP contribution in [-0.2, 0) is 10.0 Å². The zero-order chi connectivity index (χ0) is 17.9. The molecule has 1 amide bonds. The van der Waals surface area contributed by atoms with Crippen LogP contribution in [0.1, 0.15) is 22.3 Å². The van der Waals surface area contributed by atoms with Crippen molar-refractivity contribution in [3.8, 4) is 5.75 Å². The van der Waals surface area contributed by atoms with Crippen molar-refractivity contribution in [1.29, 1.82) is 0 Å². The molecule has 0 fully saturated rings. The van der Waals surface area contributed by atoms with Gasteiger partial charge in [-0.3, -0.25) is 4.79 Å². The largest absolute Gasteiger partial charge is 0.492 e. The van der Waals surface area contributed by atoms with Crippen molar-refractivity contribution in [3.63, 3.8) is 0 Å². The van der Waals surface area contributed by atoms with E-state index in [1.165, 1.54) is 7.05 Å². The van der Waals surface area contributed by atoms with Gasteiger partial charge in [0.1, 0.15) is 10.6 Å². The zero-order valence-corrected chi connectivity index (χ0v) is 15.5. The lowest BCUT2D eigenvalue weighted by molar-refractivity contribution is 0.102. The molecule has 2 aromatic rings. The Morgan fingerprint density at radius 1 is 1.38 bits per heavy atom. The summed E-state index contributed by atoms with van der Waals surface area (Å²) >= 11 is 1.02. The molecule has 130 valence electrons. The number of amides is 1. The SMILES string of the molecule is CCOc1ccccc1NC(=O)c1sc(N(C)S(C)(=O)=O)nc1C. The molecule has 1 aromatic carbocycles. The number of aryl methyl sites for hydroxylation is 1. The minimum Gasteiger partial charge on any atom is -0.492 e. The van der Waals surface area contributed by atoms with Gasteiger partial charge < -0.3 is 10.1 Å². The van der Waals surface area contributed by atoms with Gasteiger partial charge in [-0.15, -0.1) is 0 Å². The normalized spacial score (nSPS) is 11.2. The summed E-state index contributed by atoms with van der Waals surface area (Å²) in [7, 11) is -2.03. The topological polar surface area (TPSA) is 88.6 Å². The van der Waals surface area contributed by atoms with E-state index in [0.717, 1.165) is 21.9 Å². The first kappa shape index (κ1) is 18.2. The molecule has 1 aromatic heterocycles. The smallest absolute Gasteiger partial charge is 0.267 e. The third kappa shape index (κ3) is 4.04. The van der Waals surface area contributed by atoms with Crippen molar-refractivity contribution in [2.75, 3.05) is 29.5 Å². The standard InChI is InChI=1S/C15H19N3O4S2/c1-5-22-12-9-7-6-8-11(12)17-14(19)13-10(2)16-15(23-13)18(3)24(4,20)21/h6-9H,5H2,1-4H3,(H,17,19). The summed E-state index contributed by atoms with van der Waals surface area (Å²) in [5, 5.41) is 3.03. The van der Waals surface area contributed by atoms with E-state index >= 15 is 0 Å². The van der Waals surface area contributed by atoms with Crippen LogP contribution in [0.3, 0.4) is 0 Å². The summed E-state index contributed by atoms with van der Waals surface area (Å²) in [4.78, 5) is 17.0. The number of hydrogen-bond acceptors (Lipinski definition) is 6. The van der Waals surface area contributed by atoms with Gasteiger partial charge in [-0.05, 0) is 26.0 Å². The number of anilines is 2. The van der Waals surface area contributed by atoms with E-state index in [-0.39, 0.29) is 11.0 Å². The first-order chi connectivity index (χ1) is 11.2. The maximum absolute atomic E-state index is 12.5. The van der Waals surface area contributed by atoms with Crippen LogP contribution in [0.25, 0.3) is 0 Å². The maximum Gasteiger partial charge on any atom is 0.267 e. The molecule has 1 N–H and O–H groups in total. The zero-order valence-electron chi connectivity index (χ0n) is 13.9. The summed E-state index contributed by atoms with van der Waals surface area (Å²) in [6, 6.07) is 7.11. The fourth-order valence-electron chi connectivity index (χ4n) is 1.90. The Kier molecular flexibility index (Phi) is 5.45. The lowest BCUT2D eigenvalue weighted by atomic mass is 10.2. The number of hydrogen-bond donors (Lipinski definition) is 1. The first-order valence-corrected chi connectivity index (χ1v) is 9.85. The lowest BCUT2D eigenvalue weighted by Gasteiger charge is -2.12. The van der Waals surface area contributed by atoms with E-state index in [1.54, 1.807) is 25.1 Å². The average molecular weight is 369 g/mol. The highest BCUT2D eigenvalue weighted by Gasteiger charge is 2.22. The minimum absolute atomic E-state index is 0.248. The third-order valence-electron chi connectivity index (χ3n) is 3.19. The molecule has 0 radical (unpaired) electrons. The van der Waals surface area contributed by atoms with Gasteiger partial charge in [0.05, 0.1) is 24.2 Å². The van der Waals surface area contributed by atoms with Gasteiger partial charge in [0.25, 0.3) is 5.91 Å². The van der Waals surface area contributed by atoms with Crippen LogP contribution in [-0.4, -0.2) is 39.2 Å². The molecule has 2 rings (SSSR count). The van der Waals surface area contributed by atoms with Gasteiger partial charge in [-0.25, -0.2) is 17.7 Å². The quantitative estimate of drug-likeness (QED) is 0.845. The second-order valence-corrected chi connectivity index (χ2v) is 8.02. The van der Waals surface area contributed by atoms with Crippen molar-refractivity contribution in [2.45, 2.75) is 13.8 Å². The number of carbonyl (C=O) groups is 1. The van der Waals surface area contributed by atoms with E-state index < -0.39 is 10.0 Å². The van der Waals surface area contributed by atoms with Crippen molar-refractivity contribution in [2.24, 2.45) is 0 Å². The van der Waals surface area contributed by atoms with Gasteiger partial charge in [0.2, 0.25) is 10.0 Å². The number of nitrogens with zero attached hydrogens (tertiary/aromatic N) is 2. The number of para-hydroxylation sites is 2. The average Bonchev–Trinajstić information content (AvgIpc) is 2.89. The number of thiazole rings is 1. The summed E-state index contributed by atoms with van der Waals surface area (Å²) in [5.41, 5.74) is 1.02. The molecule has 1 heterocycles. The number of nitrogens with one attached hydrogen (secondary N) is 1. The molecule has 0 spiro atoms. The van der Waals surface area contributed by atoms with Crippen LogP contribution in [0.4, 0.5) is 10.8 Å². The summed E-state index contributed by atoms with van der Waals surface area (Å²) < 4.78 is 29.7. The summed E-state index contributed by atoms with van der Waals surface area (Å²) in [6.45, 7) is 4.01. The van der Waals surface area contributed by atoms with Crippen LogP contribution in [0.2, 0.25) is 0 Å². The Bertz CT molecular complexity index is 846. The molecule has 0 saturated heterocycles. The Morgan fingerprint density at radius 3 is 2.67 bits per heavy atom. The van der Waals surface area contributed by atoms with E-state index in [9.17, 15) is 13.2 Å². The number of rotatable bonds is 6. The number of sulfonamides is 1. The summed E-state index contributed by atoms with van der Waals surface area (Å²) in [5.74, 6) is 0.217. The molecule has 0 aliphatic heterocycles. The number of aromatic nitrogens is 1. The Hall–Kier alpha value is -2.13. The van der Waals surface area contributed by atoms with E-state index in [1.807, 2.05) is 13.0 Å². The van der Waals surface area contributed by atoms with Crippen molar-refractivity contribution in [3.05, 3.63) is 34.8 Å². The van der Waals surface area contributed by atoms with Crippen LogP contribution in [0.15, 0.2) is 24.3 Å². The number of benzene rings is 1. The van der Waals surface area contributed by atoms with Gasteiger partial charge in [-0.1, -0.05) is 23.5 Å². The lowest BCUT2D eigenvalue weighted by Crippen LogP contribution is -2.24. The van der Waals surface area contributed by atoms with Crippen molar-refractivity contribution >= 4 is 38.1 Å². The highest BCUT2D eigenvalue weighted by atomic mass is 32.2. The molecule has 24 heavy (non-hydrogen) atoms. The van der Waals surface area contributed by atoms with Crippen LogP contribution in [0.5, 0.6) is 5.75 Å². The molecule has 9 heteroatoms. The van der Waals surface area contributed by atoms with E-state index in [0.29, 0.717) is 28.6 Å².